The summed E-state index contributed by atoms with van der Waals surface area (Å²) in [7, 11) is 0. The lowest BCUT2D eigenvalue weighted by atomic mass is 10.1. The van der Waals surface area contributed by atoms with E-state index in [1.54, 1.807) is 12.1 Å². The van der Waals surface area contributed by atoms with Crippen molar-refractivity contribution in [3.05, 3.63) is 46.7 Å². The van der Waals surface area contributed by atoms with Crippen LogP contribution in [0.5, 0.6) is 0 Å². The third-order valence-corrected chi connectivity index (χ3v) is 6.21. The highest BCUT2D eigenvalue weighted by Crippen LogP contribution is 2.34. The summed E-state index contributed by atoms with van der Waals surface area (Å²) in [5, 5.41) is 10.0. The molecule has 8 heteroatoms. The second-order valence-electron chi connectivity index (χ2n) is 6.36. The van der Waals surface area contributed by atoms with E-state index in [1.165, 1.54) is 17.4 Å². The number of aromatic nitrogens is 4. The largest absolute Gasteiger partial charge is 0.345 e. The van der Waals surface area contributed by atoms with Crippen LogP contribution in [0.4, 0.5) is 9.52 Å². The summed E-state index contributed by atoms with van der Waals surface area (Å²) in [5.41, 5.74) is 0.486. The zero-order chi connectivity index (χ0) is 18.1. The maximum Gasteiger partial charge on any atom is 0.208 e. The average molecular weight is 436 g/mol. The second kappa shape index (κ2) is 7.44. The van der Waals surface area contributed by atoms with Gasteiger partial charge in [-0.25, -0.2) is 9.37 Å². The van der Waals surface area contributed by atoms with Crippen molar-refractivity contribution in [2.45, 2.75) is 32.2 Å². The Morgan fingerprint density at radius 2 is 2.23 bits per heavy atom. The Hall–Kier alpha value is -1.80. The predicted octanol–water partition coefficient (Wildman–Crippen LogP) is 4.71. The minimum Gasteiger partial charge on any atom is -0.345 e. The highest BCUT2D eigenvalue weighted by Gasteiger charge is 2.25. The number of anilines is 1. The van der Waals surface area contributed by atoms with Gasteiger partial charge in [-0.15, -0.1) is 10.2 Å². The van der Waals surface area contributed by atoms with Gasteiger partial charge < -0.3 is 9.47 Å². The molecule has 3 aromatic rings. The molecular formula is C18H19BrFN5S. The summed E-state index contributed by atoms with van der Waals surface area (Å²) in [4.78, 5) is 6.70. The Bertz CT molecular complexity index is 909. The summed E-state index contributed by atoms with van der Waals surface area (Å²) >= 11 is 4.83. The third kappa shape index (κ3) is 3.40. The van der Waals surface area contributed by atoms with Gasteiger partial charge in [-0.2, -0.15) is 0 Å². The fraction of sp³-hybridized carbons (Fsp3) is 0.389. The minimum atomic E-state index is -0.279. The number of piperidine rings is 1. The molecule has 0 N–H and O–H groups in total. The van der Waals surface area contributed by atoms with Crippen LogP contribution in [0.15, 0.2) is 35.1 Å². The molecule has 1 aliphatic heterocycles. The molecule has 1 aromatic carbocycles. The number of imidazole rings is 1. The summed E-state index contributed by atoms with van der Waals surface area (Å²) in [6, 6.07) is 5.27. The van der Waals surface area contributed by atoms with Crippen LogP contribution in [0.3, 0.4) is 0 Å². The van der Waals surface area contributed by atoms with Crippen LogP contribution in [0.2, 0.25) is 0 Å². The van der Waals surface area contributed by atoms with Gasteiger partial charge in [-0.3, -0.25) is 0 Å². The first-order valence-electron chi connectivity index (χ1n) is 8.71. The molecule has 5 nitrogen and oxygen atoms in total. The lowest BCUT2D eigenvalue weighted by Crippen LogP contribution is -2.36. The van der Waals surface area contributed by atoms with Gasteiger partial charge >= 0.3 is 0 Å². The number of hydrogen-bond acceptors (Lipinski definition) is 5. The van der Waals surface area contributed by atoms with Crippen LogP contribution in [0.25, 0.3) is 10.6 Å². The summed E-state index contributed by atoms with van der Waals surface area (Å²) in [6.45, 7) is 3.95. The summed E-state index contributed by atoms with van der Waals surface area (Å²) in [5.74, 6) is 0.837. The second-order valence-corrected chi connectivity index (χ2v) is 8.23. The Balaban J connectivity index is 1.56. The van der Waals surface area contributed by atoms with E-state index in [0.717, 1.165) is 47.8 Å². The van der Waals surface area contributed by atoms with E-state index in [4.69, 9.17) is 0 Å². The maximum atomic E-state index is 14.1. The van der Waals surface area contributed by atoms with Gasteiger partial charge in [0.1, 0.15) is 11.6 Å². The lowest BCUT2D eigenvalue weighted by Gasteiger charge is -2.33. The molecule has 1 saturated heterocycles. The van der Waals surface area contributed by atoms with Crippen molar-refractivity contribution in [3.8, 4) is 10.6 Å². The van der Waals surface area contributed by atoms with Gasteiger partial charge in [0.15, 0.2) is 5.01 Å². The van der Waals surface area contributed by atoms with Crippen molar-refractivity contribution in [1.82, 2.24) is 19.7 Å². The third-order valence-electron chi connectivity index (χ3n) is 4.70. The molecule has 0 spiro atoms. The molecule has 0 bridgehead atoms. The number of halogens is 2. The van der Waals surface area contributed by atoms with Crippen LogP contribution in [0.1, 0.15) is 31.6 Å². The molecule has 1 atom stereocenters. The fourth-order valence-corrected chi connectivity index (χ4v) is 4.68. The molecule has 1 fully saturated rings. The first-order chi connectivity index (χ1) is 12.7. The maximum absolute atomic E-state index is 14.1. The van der Waals surface area contributed by atoms with Crippen molar-refractivity contribution in [3.63, 3.8) is 0 Å². The van der Waals surface area contributed by atoms with E-state index >= 15 is 0 Å². The lowest BCUT2D eigenvalue weighted by molar-refractivity contribution is 0.395. The van der Waals surface area contributed by atoms with Gasteiger partial charge in [0, 0.05) is 41.9 Å². The van der Waals surface area contributed by atoms with Gasteiger partial charge in [0.2, 0.25) is 5.13 Å². The first-order valence-corrected chi connectivity index (χ1v) is 10.3. The normalized spacial score (nSPS) is 17.7. The van der Waals surface area contributed by atoms with Gasteiger partial charge in [-0.1, -0.05) is 34.2 Å². The Kier molecular flexibility index (Phi) is 5.04. The quantitative estimate of drug-likeness (QED) is 0.595. The number of nitrogens with zero attached hydrogens (tertiary/aromatic N) is 5. The Labute approximate surface area is 164 Å². The Morgan fingerprint density at radius 3 is 3.08 bits per heavy atom. The van der Waals surface area contributed by atoms with E-state index in [-0.39, 0.29) is 5.82 Å². The van der Waals surface area contributed by atoms with E-state index in [9.17, 15) is 4.39 Å². The summed E-state index contributed by atoms with van der Waals surface area (Å²) < 4.78 is 17.2. The number of rotatable bonds is 4. The SMILES string of the molecule is CCc1nccn1C1CCCN(c2nnc(-c3cc(Br)ccc3F)s2)C1. The van der Waals surface area contributed by atoms with Crippen molar-refractivity contribution < 1.29 is 4.39 Å². The fourth-order valence-electron chi connectivity index (χ4n) is 3.42. The monoisotopic (exact) mass is 435 g/mol. The Morgan fingerprint density at radius 1 is 1.35 bits per heavy atom. The average Bonchev–Trinajstić information content (AvgIpc) is 3.33. The molecule has 0 amide bonds. The first kappa shape index (κ1) is 17.6. The topological polar surface area (TPSA) is 46.8 Å². The number of aryl methyl sites for hydroxylation is 1. The van der Waals surface area contributed by atoms with E-state index in [0.29, 0.717) is 16.6 Å². The molecule has 26 heavy (non-hydrogen) atoms. The standard InChI is InChI=1S/C18H19BrFN5S/c1-2-16-21-7-9-25(16)13-4-3-8-24(11-13)18-23-22-17(26-18)14-10-12(19)5-6-15(14)20/h5-7,9-10,13H,2-4,8,11H2,1H3. The molecule has 1 unspecified atom stereocenters. The smallest absolute Gasteiger partial charge is 0.208 e. The molecule has 0 aliphatic carbocycles. The van der Waals surface area contributed by atoms with Crippen LogP contribution in [0, 0.1) is 5.82 Å². The molecule has 2 aromatic heterocycles. The van der Waals surface area contributed by atoms with Crippen LogP contribution < -0.4 is 4.90 Å². The summed E-state index contributed by atoms with van der Waals surface area (Å²) in [6.07, 6.45) is 7.08. The molecular weight excluding hydrogens is 417 g/mol. The molecule has 1 aliphatic rings. The van der Waals surface area contributed by atoms with E-state index < -0.39 is 0 Å². The predicted molar refractivity (Wildman–Crippen MR) is 105 cm³/mol. The van der Waals surface area contributed by atoms with Gasteiger partial charge in [-0.05, 0) is 31.0 Å². The zero-order valence-electron chi connectivity index (χ0n) is 14.4. The van der Waals surface area contributed by atoms with Crippen LogP contribution in [-0.4, -0.2) is 32.8 Å². The molecule has 136 valence electrons. The van der Waals surface area contributed by atoms with Gasteiger partial charge in [0.25, 0.3) is 0 Å². The van der Waals surface area contributed by atoms with Crippen molar-refractivity contribution in [1.29, 1.82) is 0 Å². The van der Waals surface area contributed by atoms with Gasteiger partial charge in [0.05, 0.1) is 6.04 Å². The zero-order valence-corrected chi connectivity index (χ0v) is 16.8. The van der Waals surface area contributed by atoms with Crippen LogP contribution in [-0.2, 0) is 6.42 Å². The molecule has 0 radical (unpaired) electrons. The molecule has 4 rings (SSSR count). The van der Waals surface area contributed by atoms with E-state index in [1.807, 2.05) is 6.20 Å². The highest BCUT2D eigenvalue weighted by molar-refractivity contribution is 9.10. The molecule has 0 saturated carbocycles. The van der Waals surface area contributed by atoms with E-state index in [2.05, 4.69) is 53.7 Å². The van der Waals surface area contributed by atoms with Crippen molar-refractivity contribution >= 4 is 32.4 Å². The van der Waals surface area contributed by atoms with Crippen molar-refractivity contribution in [2.24, 2.45) is 0 Å². The number of hydrogen-bond donors (Lipinski definition) is 0. The van der Waals surface area contributed by atoms with Crippen molar-refractivity contribution in [2.75, 3.05) is 18.0 Å². The molecule has 3 heterocycles. The minimum absolute atomic E-state index is 0.279. The highest BCUT2D eigenvalue weighted by atomic mass is 79.9. The van der Waals surface area contributed by atoms with Crippen LogP contribution >= 0.6 is 27.3 Å². The number of benzene rings is 1.